The van der Waals surface area contributed by atoms with Gasteiger partial charge in [0.1, 0.15) is 0 Å². The van der Waals surface area contributed by atoms with Crippen LogP contribution in [0.25, 0.3) is 0 Å². The van der Waals surface area contributed by atoms with Gasteiger partial charge in [0.2, 0.25) is 11.8 Å². The number of aliphatic hydroxyl groups excluding tert-OH is 1. The fourth-order valence-electron chi connectivity index (χ4n) is 1.53. The van der Waals surface area contributed by atoms with Crippen molar-refractivity contribution in [3.05, 3.63) is 11.6 Å². The van der Waals surface area contributed by atoms with E-state index in [0.29, 0.717) is 5.57 Å². The first kappa shape index (κ1) is 6.54. The highest BCUT2D eigenvalue weighted by Crippen LogP contribution is 2.37. The van der Waals surface area contributed by atoms with E-state index in [4.69, 9.17) is 5.11 Å². The maximum Gasteiger partial charge on any atom is 0.234 e. The summed E-state index contributed by atoms with van der Waals surface area (Å²) in [5.41, 5.74) is 0.665. The molecule has 0 aromatic rings. The van der Waals surface area contributed by atoms with Crippen molar-refractivity contribution in [1.82, 2.24) is 5.32 Å². The van der Waals surface area contributed by atoms with E-state index in [0.717, 1.165) is 0 Å². The number of nitrogens with one attached hydrogen (secondary N) is 1. The van der Waals surface area contributed by atoms with Crippen molar-refractivity contribution < 1.29 is 14.7 Å². The second kappa shape index (κ2) is 1.92. The molecule has 4 heteroatoms. The monoisotopic (exact) mass is 153 g/mol. The topological polar surface area (TPSA) is 66.4 Å². The molecule has 2 aliphatic rings. The molecular weight excluding hydrogens is 146 g/mol. The van der Waals surface area contributed by atoms with Crippen molar-refractivity contribution in [1.29, 1.82) is 0 Å². The summed E-state index contributed by atoms with van der Waals surface area (Å²) in [6.07, 6.45) is 1.64. The first-order valence-corrected chi connectivity index (χ1v) is 3.40. The van der Waals surface area contributed by atoms with Gasteiger partial charge in [-0.1, -0.05) is 6.08 Å². The molecule has 58 valence electrons. The van der Waals surface area contributed by atoms with E-state index in [9.17, 15) is 9.59 Å². The minimum Gasteiger partial charge on any atom is -0.392 e. The number of carbonyl (C=O) groups is 2. The molecule has 0 aromatic heterocycles. The van der Waals surface area contributed by atoms with Crippen LogP contribution in [0.1, 0.15) is 0 Å². The van der Waals surface area contributed by atoms with Crippen molar-refractivity contribution >= 4 is 11.8 Å². The Balaban J connectivity index is 2.28. The molecule has 2 rings (SSSR count). The Kier molecular flexibility index (Phi) is 1.14. The zero-order valence-electron chi connectivity index (χ0n) is 5.70. The van der Waals surface area contributed by atoms with E-state index in [1.807, 2.05) is 0 Å². The van der Waals surface area contributed by atoms with E-state index < -0.39 is 0 Å². The van der Waals surface area contributed by atoms with Crippen LogP contribution in [0.5, 0.6) is 0 Å². The van der Waals surface area contributed by atoms with Crippen LogP contribution in [-0.4, -0.2) is 23.5 Å². The summed E-state index contributed by atoms with van der Waals surface area (Å²) in [7, 11) is 0. The smallest absolute Gasteiger partial charge is 0.234 e. The standard InChI is InChI=1S/C7H7NO3/c9-2-3-1-4-5(3)7(11)8-6(4)10/h1,4-5,9H,2H2,(H,8,10,11)/t4-,5+/m1/s1. The number of amides is 2. The van der Waals surface area contributed by atoms with Crippen molar-refractivity contribution in [2.45, 2.75) is 0 Å². The van der Waals surface area contributed by atoms with Gasteiger partial charge >= 0.3 is 0 Å². The molecule has 1 aliphatic carbocycles. The Hall–Kier alpha value is -1.16. The van der Waals surface area contributed by atoms with Gasteiger partial charge in [0.25, 0.3) is 0 Å². The van der Waals surface area contributed by atoms with Crippen LogP contribution >= 0.6 is 0 Å². The molecular formula is C7H7NO3. The number of imide groups is 1. The maximum absolute atomic E-state index is 10.9. The summed E-state index contributed by atoms with van der Waals surface area (Å²) in [5, 5.41) is 10.9. The molecule has 0 spiro atoms. The average Bonchev–Trinajstić information content (AvgIpc) is 2.03. The molecule has 0 bridgehead atoms. The van der Waals surface area contributed by atoms with Gasteiger partial charge in [-0.2, -0.15) is 0 Å². The fourth-order valence-corrected chi connectivity index (χ4v) is 1.53. The van der Waals surface area contributed by atoms with Gasteiger partial charge in [0.05, 0.1) is 18.4 Å². The Morgan fingerprint density at radius 2 is 2.18 bits per heavy atom. The SMILES string of the molecule is O=C1NC(=O)[C@@H]2C=C(CO)[C@H]12. The van der Waals surface area contributed by atoms with E-state index in [-0.39, 0.29) is 30.3 Å². The molecule has 2 atom stereocenters. The molecule has 0 saturated carbocycles. The third-order valence-electron chi connectivity index (χ3n) is 2.17. The van der Waals surface area contributed by atoms with Gasteiger partial charge in [-0.15, -0.1) is 0 Å². The normalized spacial score (nSPS) is 34.1. The first-order chi connectivity index (χ1) is 5.24. The lowest BCUT2D eigenvalue weighted by Gasteiger charge is -2.24. The van der Waals surface area contributed by atoms with Crippen LogP contribution < -0.4 is 5.32 Å². The first-order valence-electron chi connectivity index (χ1n) is 3.40. The Morgan fingerprint density at radius 1 is 1.45 bits per heavy atom. The summed E-state index contributed by atoms with van der Waals surface area (Å²) in [6.45, 7) is -0.123. The van der Waals surface area contributed by atoms with Crippen LogP contribution in [0.2, 0.25) is 0 Å². The highest BCUT2D eigenvalue weighted by molar-refractivity contribution is 6.09. The number of fused-ring (bicyclic) bond motifs is 1. The summed E-state index contributed by atoms with van der Waals surface area (Å²) >= 11 is 0. The summed E-state index contributed by atoms with van der Waals surface area (Å²) < 4.78 is 0. The third-order valence-corrected chi connectivity index (χ3v) is 2.17. The molecule has 2 N–H and O–H groups in total. The Morgan fingerprint density at radius 3 is 2.73 bits per heavy atom. The third kappa shape index (κ3) is 0.670. The predicted molar refractivity (Wildman–Crippen MR) is 35.3 cm³/mol. The average molecular weight is 153 g/mol. The number of hydrogen-bond acceptors (Lipinski definition) is 3. The number of hydrogen-bond donors (Lipinski definition) is 2. The summed E-state index contributed by atoms with van der Waals surface area (Å²) in [6, 6.07) is 0. The molecule has 0 radical (unpaired) electrons. The van der Waals surface area contributed by atoms with Gasteiger partial charge in [0.15, 0.2) is 0 Å². The molecule has 1 aliphatic heterocycles. The van der Waals surface area contributed by atoms with E-state index in [1.54, 1.807) is 6.08 Å². The maximum atomic E-state index is 10.9. The lowest BCUT2D eigenvalue weighted by Crippen LogP contribution is -2.29. The Bertz CT molecular complexity index is 269. The Labute approximate surface area is 62.9 Å². The van der Waals surface area contributed by atoms with E-state index in [1.165, 1.54) is 0 Å². The molecule has 1 fully saturated rings. The highest BCUT2D eigenvalue weighted by Gasteiger charge is 2.48. The van der Waals surface area contributed by atoms with E-state index in [2.05, 4.69) is 5.32 Å². The van der Waals surface area contributed by atoms with Crippen LogP contribution in [0.3, 0.4) is 0 Å². The fraction of sp³-hybridized carbons (Fsp3) is 0.429. The molecule has 0 aromatic carbocycles. The molecule has 2 amide bonds. The lowest BCUT2D eigenvalue weighted by molar-refractivity contribution is -0.125. The van der Waals surface area contributed by atoms with Crippen molar-refractivity contribution in [3.8, 4) is 0 Å². The molecule has 11 heavy (non-hydrogen) atoms. The summed E-state index contributed by atoms with van der Waals surface area (Å²) in [5.74, 6) is -1.18. The number of aliphatic hydroxyl groups is 1. The van der Waals surface area contributed by atoms with Gasteiger partial charge in [-0.05, 0) is 5.57 Å². The van der Waals surface area contributed by atoms with Gasteiger partial charge in [-0.3, -0.25) is 14.9 Å². The van der Waals surface area contributed by atoms with Gasteiger partial charge in [0, 0.05) is 0 Å². The number of carbonyl (C=O) groups excluding carboxylic acids is 2. The predicted octanol–water partition coefficient (Wildman–Crippen LogP) is -1.19. The molecule has 1 heterocycles. The largest absolute Gasteiger partial charge is 0.392 e. The van der Waals surface area contributed by atoms with E-state index >= 15 is 0 Å². The summed E-state index contributed by atoms with van der Waals surface area (Å²) in [4.78, 5) is 21.8. The second-order valence-electron chi connectivity index (χ2n) is 2.76. The number of rotatable bonds is 1. The molecule has 0 unspecified atom stereocenters. The van der Waals surface area contributed by atoms with Crippen molar-refractivity contribution in [2.24, 2.45) is 11.8 Å². The minimum atomic E-state index is -0.368. The highest BCUT2D eigenvalue weighted by atomic mass is 16.3. The van der Waals surface area contributed by atoms with Crippen LogP contribution in [-0.2, 0) is 9.59 Å². The van der Waals surface area contributed by atoms with Crippen molar-refractivity contribution in [2.75, 3.05) is 6.61 Å². The molecule has 1 saturated heterocycles. The minimum absolute atomic E-state index is 0.123. The lowest BCUT2D eigenvalue weighted by atomic mass is 9.77. The van der Waals surface area contributed by atoms with Gasteiger partial charge < -0.3 is 5.11 Å². The van der Waals surface area contributed by atoms with Crippen LogP contribution in [0.15, 0.2) is 11.6 Å². The van der Waals surface area contributed by atoms with Crippen LogP contribution in [0.4, 0.5) is 0 Å². The quantitative estimate of drug-likeness (QED) is 0.367. The zero-order valence-corrected chi connectivity index (χ0v) is 5.70. The zero-order chi connectivity index (χ0) is 8.01. The van der Waals surface area contributed by atoms with Crippen molar-refractivity contribution in [3.63, 3.8) is 0 Å². The van der Waals surface area contributed by atoms with Gasteiger partial charge in [-0.25, -0.2) is 0 Å². The second-order valence-corrected chi connectivity index (χ2v) is 2.76. The van der Waals surface area contributed by atoms with Crippen LogP contribution in [0, 0.1) is 11.8 Å². The molecule has 4 nitrogen and oxygen atoms in total.